The molecule has 0 saturated carbocycles. The van der Waals surface area contributed by atoms with E-state index < -0.39 is 4.92 Å². The molecule has 7 nitrogen and oxygen atoms in total. The van der Waals surface area contributed by atoms with Gasteiger partial charge in [-0.15, -0.1) is 0 Å². The fourth-order valence-corrected chi connectivity index (χ4v) is 1.24. The molecule has 0 unspecified atom stereocenters. The van der Waals surface area contributed by atoms with Gasteiger partial charge in [-0.2, -0.15) is 10.2 Å². The Labute approximate surface area is 101 Å². The monoisotopic (exact) mass is 242 g/mol. The van der Waals surface area contributed by atoms with Crippen LogP contribution in [0.5, 0.6) is 11.8 Å². The van der Waals surface area contributed by atoms with Gasteiger partial charge in [0, 0.05) is 12.3 Å². The fourth-order valence-electron chi connectivity index (χ4n) is 1.24. The molecule has 0 spiro atoms. The van der Waals surface area contributed by atoms with Crippen molar-refractivity contribution in [2.45, 2.75) is 0 Å². The van der Waals surface area contributed by atoms with E-state index in [0.29, 0.717) is 0 Å². The Morgan fingerprint density at radius 2 is 2.11 bits per heavy atom. The zero-order valence-corrected chi connectivity index (χ0v) is 8.98. The highest BCUT2D eigenvalue weighted by molar-refractivity contribution is 5.46. The molecular formula is C11H6N4O3. The van der Waals surface area contributed by atoms with Gasteiger partial charge < -0.3 is 4.74 Å². The maximum absolute atomic E-state index is 10.8. The van der Waals surface area contributed by atoms with Gasteiger partial charge in [0.2, 0.25) is 5.75 Å². The lowest BCUT2D eigenvalue weighted by Crippen LogP contribution is -1.96. The van der Waals surface area contributed by atoms with Crippen LogP contribution in [0.2, 0.25) is 0 Å². The van der Waals surface area contributed by atoms with Gasteiger partial charge in [-0.1, -0.05) is 12.1 Å². The van der Waals surface area contributed by atoms with Crippen LogP contribution in [0, 0.1) is 21.4 Å². The van der Waals surface area contributed by atoms with Gasteiger partial charge in [0.25, 0.3) is 0 Å². The first-order valence-corrected chi connectivity index (χ1v) is 4.85. The zero-order valence-electron chi connectivity index (χ0n) is 8.98. The fraction of sp³-hybridized carbons (Fsp3) is 0. The third-order valence-electron chi connectivity index (χ3n) is 2.01. The van der Waals surface area contributed by atoms with Crippen LogP contribution in [0.25, 0.3) is 0 Å². The quantitative estimate of drug-likeness (QED) is 0.602. The minimum atomic E-state index is -0.566. The molecule has 0 radical (unpaired) electrons. The summed E-state index contributed by atoms with van der Waals surface area (Å²) in [5.41, 5.74) is -0.0676. The maximum Gasteiger partial charge on any atom is 0.323 e. The number of ether oxygens (including phenoxy) is 1. The van der Waals surface area contributed by atoms with E-state index in [0.717, 1.165) is 0 Å². The Bertz CT molecular complexity index is 636. The summed E-state index contributed by atoms with van der Waals surface area (Å²) in [5.74, 6) is 0.0255. The van der Waals surface area contributed by atoms with Gasteiger partial charge in [0.15, 0.2) is 0 Å². The number of nitrogens with zero attached hydrogens (tertiary/aromatic N) is 4. The Kier molecular flexibility index (Phi) is 3.11. The molecule has 0 aliphatic heterocycles. The van der Waals surface area contributed by atoms with Crippen molar-refractivity contribution in [2.24, 2.45) is 0 Å². The van der Waals surface area contributed by atoms with Gasteiger partial charge in [-0.25, -0.2) is 4.98 Å². The lowest BCUT2D eigenvalue weighted by molar-refractivity contribution is -0.385. The molecule has 1 heterocycles. The predicted octanol–water partition coefficient (Wildman–Crippen LogP) is 2.05. The van der Waals surface area contributed by atoms with E-state index >= 15 is 0 Å². The molecule has 18 heavy (non-hydrogen) atoms. The number of nitro groups is 1. The number of hydrogen-bond donors (Lipinski definition) is 0. The zero-order chi connectivity index (χ0) is 13.0. The van der Waals surface area contributed by atoms with Crippen molar-refractivity contribution < 1.29 is 9.66 Å². The Hall–Kier alpha value is -3.01. The average molecular weight is 242 g/mol. The molecule has 0 saturated heterocycles. The molecule has 7 heteroatoms. The normalized spacial score (nSPS) is 9.50. The van der Waals surface area contributed by atoms with Crippen molar-refractivity contribution in [1.82, 2.24) is 9.97 Å². The molecule has 88 valence electrons. The van der Waals surface area contributed by atoms with E-state index in [1.165, 1.54) is 30.5 Å². The lowest BCUT2D eigenvalue weighted by atomic mass is 10.3. The molecule has 0 N–H and O–H groups in total. The molecule has 2 aromatic rings. The minimum Gasteiger partial charge on any atom is -0.417 e. The summed E-state index contributed by atoms with van der Waals surface area (Å²) in [6, 6.07) is 8.99. The van der Waals surface area contributed by atoms with Gasteiger partial charge in [0.1, 0.15) is 11.8 Å². The Morgan fingerprint density at radius 1 is 1.33 bits per heavy atom. The molecule has 0 fully saturated rings. The van der Waals surface area contributed by atoms with Gasteiger partial charge in [-0.05, 0) is 12.1 Å². The van der Waals surface area contributed by atoms with E-state index in [9.17, 15) is 10.1 Å². The van der Waals surface area contributed by atoms with Crippen molar-refractivity contribution in [3.05, 3.63) is 52.3 Å². The summed E-state index contributed by atoms with van der Waals surface area (Å²) in [5, 5.41) is 19.4. The van der Waals surface area contributed by atoms with Gasteiger partial charge in [0.05, 0.1) is 4.92 Å². The topological polar surface area (TPSA) is 102 Å². The first-order chi connectivity index (χ1) is 8.70. The minimum absolute atomic E-state index is 0.0255. The lowest BCUT2D eigenvalue weighted by Gasteiger charge is -2.03. The number of rotatable bonds is 3. The van der Waals surface area contributed by atoms with Crippen LogP contribution in [0.1, 0.15) is 5.69 Å². The van der Waals surface area contributed by atoms with Crippen molar-refractivity contribution >= 4 is 5.69 Å². The highest BCUT2D eigenvalue weighted by Gasteiger charge is 2.15. The second-order valence-electron chi connectivity index (χ2n) is 3.16. The number of nitriles is 1. The molecule has 1 aromatic heterocycles. The van der Waals surface area contributed by atoms with E-state index in [1.807, 2.05) is 6.07 Å². The van der Waals surface area contributed by atoms with Crippen LogP contribution in [0.4, 0.5) is 5.69 Å². The summed E-state index contributed by atoms with van der Waals surface area (Å²) < 4.78 is 5.20. The second-order valence-corrected chi connectivity index (χ2v) is 3.16. The molecular weight excluding hydrogens is 236 g/mol. The van der Waals surface area contributed by atoms with Crippen molar-refractivity contribution in [2.75, 3.05) is 0 Å². The molecule has 0 amide bonds. The first-order valence-electron chi connectivity index (χ1n) is 4.85. The Morgan fingerprint density at radius 3 is 2.83 bits per heavy atom. The van der Waals surface area contributed by atoms with E-state index in [4.69, 9.17) is 10.00 Å². The van der Waals surface area contributed by atoms with Crippen LogP contribution < -0.4 is 4.74 Å². The third-order valence-corrected chi connectivity index (χ3v) is 2.01. The van der Waals surface area contributed by atoms with E-state index in [-0.39, 0.29) is 23.1 Å². The molecule has 1 aromatic carbocycles. The predicted molar refractivity (Wildman–Crippen MR) is 59.9 cm³/mol. The second kappa shape index (κ2) is 4.88. The van der Waals surface area contributed by atoms with Crippen LogP contribution in [0.15, 0.2) is 36.5 Å². The average Bonchev–Trinajstić information content (AvgIpc) is 2.39. The van der Waals surface area contributed by atoms with Crippen LogP contribution in [0.3, 0.4) is 0 Å². The summed E-state index contributed by atoms with van der Waals surface area (Å²) in [4.78, 5) is 17.7. The first kappa shape index (κ1) is 11.5. The van der Waals surface area contributed by atoms with Crippen LogP contribution >= 0.6 is 0 Å². The number of hydrogen-bond acceptors (Lipinski definition) is 6. The van der Waals surface area contributed by atoms with Gasteiger partial charge >= 0.3 is 11.7 Å². The number of aromatic nitrogens is 2. The summed E-state index contributed by atoms with van der Waals surface area (Å²) in [6.45, 7) is 0. The molecule has 0 atom stereocenters. The Balaban J connectivity index is 2.34. The van der Waals surface area contributed by atoms with E-state index in [1.54, 1.807) is 6.07 Å². The third kappa shape index (κ3) is 2.38. The largest absolute Gasteiger partial charge is 0.417 e. The molecule has 2 rings (SSSR count). The summed E-state index contributed by atoms with van der Waals surface area (Å²) in [6.07, 6.45) is 1.34. The number of para-hydroxylation sites is 2. The van der Waals surface area contributed by atoms with Crippen LogP contribution in [-0.4, -0.2) is 14.9 Å². The highest BCUT2D eigenvalue weighted by Crippen LogP contribution is 2.28. The summed E-state index contributed by atoms with van der Waals surface area (Å²) in [7, 11) is 0. The highest BCUT2D eigenvalue weighted by atomic mass is 16.6. The van der Waals surface area contributed by atoms with Crippen molar-refractivity contribution in [3.63, 3.8) is 0 Å². The number of benzene rings is 1. The smallest absolute Gasteiger partial charge is 0.323 e. The molecule has 0 bridgehead atoms. The van der Waals surface area contributed by atoms with Crippen molar-refractivity contribution in [3.8, 4) is 17.8 Å². The van der Waals surface area contributed by atoms with Crippen LogP contribution in [-0.2, 0) is 0 Å². The molecule has 0 aliphatic carbocycles. The number of nitro benzene ring substituents is 1. The standard InChI is InChI=1S/C11H6N4O3/c12-7-8-5-6-13-11(14-8)18-10-4-2-1-3-9(10)15(16)17/h1-6H. The van der Waals surface area contributed by atoms with Gasteiger partial charge in [-0.3, -0.25) is 10.1 Å². The molecule has 0 aliphatic rings. The van der Waals surface area contributed by atoms with Crippen molar-refractivity contribution in [1.29, 1.82) is 5.26 Å². The maximum atomic E-state index is 10.8. The summed E-state index contributed by atoms with van der Waals surface area (Å²) >= 11 is 0. The van der Waals surface area contributed by atoms with E-state index in [2.05, 4.69) is 9.97 Å². The SMILES string of the molecule is N#Cc1ccnc(Oc2ccccc2[N+](=O)[O-])n1.